The normalized spacial score (nSPS) is 20.6. The summed E-state index contributed by atoms with van der Waals surface area (Å²) in [5.74, 6) is 0. The van der Waals surface area contributed by atoms with Crippen LogP contribution in [0.4, 0.5) is 0 Å². The first-order valence-electron chi connectivity index (χ1n) is 6.20. The van der Waals surface area contributed by atoms with E-state index in [1.807, 2.05) is 6.20 Å². The summed E-state index contributed by atoms with van der Waals surface area (Å²) >= 11 is 1.73. The number of rotatable bonds is 3. The van der Waals surface area contributed by atoms with E-state index in [1.165, 1.54) is 30.4 Å². The highest BCUT2D eigenvalue weighted by Crippen LogP contribution is 2.21. The Morgan fingerprint density at radius 2 is 2.41 bits per heavy atom. The highest BCUT2D eigenvalue weighted by molar-refractivity contribution is 7.08. The molecule has 1 fully saturated rings. The second-order valence-corrected chi connectivity index (χ2v) is 5.39. The monoisotopic (exact) mass is 247 g/mol. The summed E-state index contributed by atoms with van der Waals surface area (Å²) in [7, 11) is 0. The standard InChI is InChI=1S/C13H17N3S/c1-2-5-14-13(3-1)9-16-8-12(7-15-16)11-4-6-17-10-11/h4,6-8,10,13-14H,1-3,5,9H2/t13-/m1/s1. The number of thiophene rings is 1. The summed E-state index contributed by atoms with van der Waals surface area (Å²) in [6.45, 7) is 2.15. The van der Waals surface area contributed by atoms with Crippen molar-refractivity contribution < 1.29 is 0 Å². The fourth-order valence-corrected chi connectivity index (χ4v) is 3.01. The molecule has 0 aromatic carbocycles. The molecule has 1 saturated heterocycles. The van der Waals surface area contributed by atoms with E-state index in [2.05, 4.69) is 38.1 Å². The van der Waals surface area contributed by atoms with Gasteiger partial charge in [0.15, 0.2) is 0 Å². The molecule has 0 aliphatic carbocycles. The second-order valence-electron chi connectivity index (χ2n) is 4.61. The molecule has 0 unspecified atom stereocenters. The Morgan fingerprint density at radius 3 is 3.18 bits per heavy atom. The van der Waals surface area contributed by atoms with E-state index in [0.717, 1.165) is 13.1 Å². The second kappa shape index (κ2) is 5.02. The van der Waals surface area contributed by atoms with Gasteiger partial charge in [-0.3, -0.25) is 4.68 Å². The molecule has 4 heteroatoms. The minimum absolute atomic E-state index is 0.596. The summed E-state index contributed by atoms with van der Waals surface area (Å²) < 4.78 is 2.07. The van der Waals surface area contributed by atoms with E-state index in [-0.39, 0.29) is 0 Å². The minimum atomic E-state index is 0.596. The maximum atomic E-state index is 4.45. The van der Waals surface area contributed by atoms with Crippen molar-refractivity contribution in [1.82, 2.24) is 15.1 Å². The van der Waals surface area contributed by atoms with Gasteiger partial charge in [0.1, 0.15) is 0 Å². The Kier molecular flexibility index (Phi) is 3.25. The third-order valence-electron chi connectivity index (χ3n) is 3.31. The van der Waals surface area contributed by atoms with Gasteiger partial charge >= 0.3 is 0 Å². The Labute approximate surface area is 105 Å². The quantitative estimate of drug-likeness (QED) is 0.904. The summed E-state index contributed by atoms with van der Waals surface area (Å²) in [6.07, 6.45) is 8.04. The lowest BCUT2D eigenvalue weighted by Gasteiger charge is -2.23. The fourth-order valence-electron chi connectivity index (χ4n) is 2.35. The number of hydrogen-bond acceptors (Lipinski definition) is 3. The summed E-state index contributed by atoms with van der Waals surface area (Å²) in [6, 6.07) is 2.74. The number of hydrogen-bond donors (Lipinski definition) is 1. The van der Waals surface area contributed by atoms with Gasteiger partial charge in [0, 0.05) is 17.8 Å². The van der Waals surface area contributed by atoms with Crippen molar-refractivity contribution in [3.8, 4) is 11.1 Å². The molecular weight excluding hydrogens is 230 g/mol. The molecule has 0 radical (unpaired) electrons. The average Bonchev–Trinajstić information content (AvgIpc) is 3.00. The van der Waals surface area contributed by atoms with Crippen LogP contribution < -0.4 is 5.32 Å². The van der Waals surface area contributed by atoms with E-state index >= 15 is 0 Å². The Hall–Kier alpha value is -1.13. The van der Waals surface area contributed by atoms with Crippen molar-refractivity contribution in [2.75, 3.05) is 6.54 Å². The Balaban J connectivity index is 1.68. The van der Waals surface area contributed by atoms with Crippen LogP contribution >= 0.6 is 11.3 Å². The van der Waals surface area contributed by atoms with Crippen LogP contribution in [0.25, 0.3) is 11.1 Å². The van der Waals surface area contributed by atoms with Gasteiger partial charge in [0.25, 0.3) is 0 Å². The zero-order valence-corrected chi connectivity index (χ0v) is 10.6. The molecule has 0 saturated carbocycles. The largest absolute Gasteiger partial charge is 0.312 e. The first-order chi connectivity index (χ1) is 8.42. The van der Waals surface area contributed by atoms with Crippen LogP contribution in [0, 0.1) is 0 Å². The molecule has 0 bridgehead atoms. The Bertz CT molecular complexity index is 455. The molecule has 3 heterocycles. The lowest BCUT2D eigenvalue weighted by atomic mass is 10.1. The lowest BCUT2D eigenvalue weighted by Crippen LogP contribution is -2.37. The number of piperidine rings is 1. The van der Waals surface area contributed by atoms with E-state index in [0.29, 0.717) is 6.04 Å². The van der Waals surface area contributed by atoms with Gasteiger partial charge in [0.05, 0.1) is 12.7 Å². The molecule has 1 aliphatic heterocycles. The third-order valence-corrected chi connectivity index (χ3v) is 3.99. The topological polar surface area (TPSA) is 29.9 Å². The highest BCUT2D eigenvalue weighted by Gasteiger charge is 2.13. The van der Waals surface area contributed by atoms with Crippen LogP contribution in [0.5, 0.6) is 0 Å². The first-order valence-corrected chi connectivity index (χ1v) is 7.14. The van der Waals surface area contributed by atoms with Gasteiger partial charge < -0.3 is 5.32 Å². The van der Waals surface area contributed by atoms with Crippen LogP contribution in [-0.4, -0.2) is 22.4 Å². The van der Waals surface area contributed by atoms with Crippen LogP contribution in [-0.2, 0) is 6.54 Å². The van der Waals surface area contributed by atoms with E-state index < -0.39 is 0 Å². The van der Waals surface area contributed by atoms with E-state index in [9.17, 15) is 0 Å². The molecule has 1 N–H and O–H groups in total. The third kappa shape index (κ3) is 2.58. The predicted octanol–water partition coefficient (Wildman–Crippen LogP) is 2.75. The lowest BCUT2D eigenvalue weighted by molar-refractivity contribution is 0.351. The van der Waals surface area contributed by atoms with Crippen molar-refractivity contribution in [1.29, 1.82) is 0 Å². The zero-order chi connectivity index (χ0) is 11.5. The van der Waals surface area contributed by atoms with Gasteiger partial charge in [-0.15, -0.1) is 0 Å². The smallest absolute Gasteiger partial charge is 0.0568 e. The van der Waals surface area contributed by atoms with Crippen molar-refractivity contribution in [3.63, 3.8) is 0 Å². The van der Waals surface area contributed by atoms with Gasteiger partial charge in [-0.05, 0) is 41.8 Å². The van der Waals surface area contributed by atoms with Crippen molar-refractivity contribution in [2.24, 2.45) is 0 Å². The fraction of sp³-hybridized carbons (Fsp3) is 0.462. The minimum Gasteiger partial charge on any atom is -0.312 e. The van der Waals surface area contributed by atoms with Gasteiger partial charge in [-0.25, -0.2) is 0 Å². The van der Waals surface area contributed by atoms with Crippen LogP contribution in [0.1, 0.15) is 19.3 Å². The van der Waals surface area contributed by atoms with Gasteiger partial charge in [0.2, 0.25) is 0 Å². The molecule has 90 valence electrons. The molecule has 0 spiro atoms. The molecule has 0 amide bonds. The molecule has 17 heavy (non-hydrogen) atoms. The van der Waals surface area contributed by atoms with Crippen molar-refractivity contribution in [2.45, 2.75) is 31.8 Å². The number of aromatic nitrogens is 2. The predicted molar refractivity (Wildman–Crippen MR) is 71.2 cm³/mol. The zero-order valence-electron chi connectivity index (χ0n) is 9.80. The Morgan fingerprint density at radius 1 is 1.41 bits per heavy atom. The SMILES string of the molecule is c1cc(-c2cnn(C[C@H]3CCCCN3)c2)cs1. The maximum absolute atomic E-state index is 4.45. The molecule has 3 rings (SSSR count). The van der Waals surface area contributed by atoms with Gasteiger partial charge in [-0.1, -0.05) is 6.42 Å². The molecule has 1 atom stereocenters. The molecule has 2 aromatic heterocycles. The summed E-state index contributed by atoms with van der Waals surface area (Å²) in [5, 5.41) is 12.3. The van der Waals surface area contributed by atoms with Crippen LogP contribution in [0.3, 0.4) is 0 Å². The van der Waals surface area contributed by atoms with Gasteiger partial charge in [-0.2, -0.15) is 16.4 Å². The number of nitrogens with one attached hydrogen (secondary N) is 1. The van der Waals surface area contributed by atoms with Crippen LogP contribution in [0.15, 0.2) is 29.2 Å². The summed E-state index contributed by atoms with van der Waals surface area (Å²) in [4.78, 5) is 0. The molecule has 2 aromatic rings. The number of nitrogens with zero attached hydrogens (tertiary/aromatic N) is 2. The summed E-state index contributed by atoms with van der Waals surface area (Å²) in [5.41, 5.74) is 2.50. The molecule has 3 nitrogen and oxygen atoms in total. The first kappa shape index (κ1) is 11.0. The van der Waals surface area contributed by atoms with E-state index in [4.69, 9.17) is 0 Å². The van der Waals surface area contributed by atoms with Crippen molar-refractivity contribution in [3.05, 3.63) is 29.2 Å². The molecule has 1 aliphatic rings. The molecular formula is C13H17N3S. The van der Waals surface area contributed by atoms with E-state index in [1.54, 1.807) is 11.3 Å². The van der Waals surface area contributed by atoms with Crippen molar-refractivity contribution >= 4 is 11.3 Å². The maximum Gasteiger partial charge on any atom is 0.0568 e. The van der Waals surface area contributed by atoms with Crippen LogP contribution in [0.2, 0.25) is 0 Å². The average molecular weight is 247 g/mol. The highest BCUT2D eigenvalue weighted by atomic mass is 32.1.